The van der Waals surface area contributed by atoms with Gasteiger partial charge in [0.2, 0.25) is 5.91 Å². The molecule has 18 heavy (non-hydrogen) atoms. The molecule has 1 fully saturated rings. The minimum absolute atomic E-state index is 0.0185. The summed E-state index contributed by atoms with van der Waals surface area (Å²) in [6.07, 6.45) is 0. The standard InChI is InChI=1S/C15H14N2O/c16-13-14(11-7-3-1-4-8-11)17(15(13)18)12-9-5-2-6-10-12/h1-10,13-14H,16H2/t13-,14-/m1/s1. The summed E-state index contributed by atoms with van der Waals surface area (Å²) < 4.78 is 0. The number of nitrogens with zero attached hydrogens (tertiary/aromatic N) is 1. The molecule has 0 unspecified atom stereocenters. The smallest absolute Gasteiger partial charge is 0.247 e. The molecule has 1 aliphatic rings. The maximum Gasteiger partial charge on any atom is 0.247 e. The average Bonchev–Trinajstić information content (AvgIpc) is 2.45. The largest absolute Gasteiger partial charge is 0.318 e. The third kappa shape index (κ3) is 1.60. The predicted octanol–water partition coefficient (Wildman–Crippen LogP) is 2.10. The summed E-state index contributed by atoms with van der Waals surface area (Å²) in [7, 11) is 0. The van der Waals surface area contributed by atoms with Crippen molar-refractivity contribution in [3.63, 3.8) is 0 Å². The van der Waals surface area contributed by atoms with Crippen molar-refractivity contribution in [3.8, 4) is 0 Å². The third-order valence-electron chi connectivity index (χ3n) is 3.32. The van der Waals surface area contributed by atoms with E-state index >= 15 is 0 Å². The van der Waals surface area contributed by atoms with Gasteiger partial charge in [-0.15, -0.1) is 0 Å². The molecule has 0 aromatic heterocycles. The molecule has 3 rings (SSSR count). The van der Waals surface area contributed by atoms with Crippen LogP contribution in [0.25, 0.3) is 0 Å². The first-order valence-electron chi connectivity index (χ1n) is 5.97. The van der Waals surface area contributed by atoms with E-state index in [-0.39, 0.29) is 11.9 Å². The van der Waals surface area contributed by atoms with Gasteiger partial charge in [-0.3, -0.25) is 4.79 Å². The Balaban J connectivity index is 1.97. The van der Waals surface area contributed by atoms with Crippen LogP contribution in [0.15, 0.2) is 60.7 Å². The highest BCUT2D eigenvalue weighted by molar-refractivity contribution is 6.05. The molecular formula is C15H14N2O. The van der Waals surface area contributed by atoms with E-state index in [1.165, 1.54) is 0 Å². The average molecular weight is 238 g/mol. The van der Waals surface area contributed by atoms with Gasteiger partial charge in [0.05, 0.1) is 6.04 Å². The molecule has 90 valence electrons. The van der Waals surface area contributed by atoms with Gasteiger partial charge in [0.25, 0.3) is 0 Å². The molecule has 1 saturated heterocycles. The van der Waals surface area contributed by atoms with Gasteiger partial charge in [-0.05, 0) is 17.7 Å². The van der Waals surface area contributed by atoms with Crippen LogP contribution in [-0.4, -0.2) is 11.9 Å². The van der Waals surface area contributed by atoms with Crippen LogP contribution in [0.5, 0.6) is 0 Å². The Bertz CT molecular complexity index is 553. The van der Waals surface area contributed by atoms with Crippen LogP contribution in [-0.2, 0) is 4.79 Å². The fourth-order valence-corrected chi connectivity index (χ4v) is 2.39. The lowest BCUT2D eigenvalue weighted by Crippen LogP contribution is -2.63. The predicted molar refractivity (Wildman–Crippen MR) is 71.1 cm³/mol. The minimum atomic E-state index is -0.437. The van der Waals surface area contributed by atoms with E-state index < -0.39 is 6.04 Å². The molecule has 0 radical (unpaired) electrons. The maximum atomic E-state index is 11.9. The van der Waals surface area contributed by atoms with Gasteiger partial charge in [-0.1, -0.05) is 48.5 Å². The fourth-order valence-electron chi connectivity index (χ4n) is 2.39. The molecule has 2 N–H and O–H groups in total. The highest BCUT2D eigenvalue weighted by Crippen LogP contribution is 2.37. The molecule has 0 spiro atoms. The van der Waals surface area contributed by atoms with Crippen molar-refractivity contribution in [3.05, 3.63) is 66.2 Å². The van der Waals surface area contributed by atoms with Crippen molar-refractivity contribution in [1.29, 1.82) is 0 Å². The van der Waals surface area contributed by atoms with Crippen molar-refractivity contribution in [2.24, 2.45) is 5.73 Å². The molecule has 3 nitrogen and oxygen atoms in total. The van der Waals surface area contributed by atoms with E-state index in [1.54, 1.807) is 4.90 Å². The van der Waals surface area contributed by atoms with Gasteiger partial charge in [0.1, 0.15) is 6.04 Å². The van der Waals surface area contributed by atoms with Gasteiger partial charge in [-0.25, -0.2) is 0 Å². The first kappa shape index (κ1) is 11.0. The molecule has 0 aliphatic carbocycles. The minimum Gasteiger partial charge on any atom is -0.318 e. The lowest BCUT2D eigenvalue weighted by atomic mass is 9.88. The van der Waals surface area contributed by atoms with Crippen molar-refractivity contribution in [2.75, 3.05) is 4.90 Å². The zero-order chi connectivity index (χ0) is 12.5. The van der Waals surface area contributed by atoms with Gasteiger partial charge in [0.15, 0.2) is 0 Å². The molecule has 3 heteroatoms. The number of amides is 1. The van der Waals surface area contributed by atoms with Crippen LogP contribution in [0.4, 0.5) is 5.69 Å². The second-order valence-corrected chi connectivity index (χ2v) is 4.43. The molecule has 2 atom stereocenters. The summed E-state index contributed by atoms with van der Waals surface area (Å²) in [4.78, 5) is 13.7. The normalized spacial score (nSPS) is 22.7. The SMILES string of the molecule is N[C@H]1C(=O)N(c2ccccc2)[C@@H]1c1ccccc1. The van der Waals surface area contributed by atoms with Crippen molar-refractivity contribution >= 4 is 11.6 Å². The molecule has 0 bridgehead atoms. The molecule has 2 aromatic carbocycles. The van der Waals surface area contributed by atoms with Crippen LogP contribution in [0.3, 0.4) is 0 Å². The molecule has 1 amide bonds. The van der Waals surface area contributed by atoms with E-state index in [0.717, 1.165) is 11.3 Å². The number of anilines is 1. The van der Waals surface area contributed by atoms with Crippen LogP contribution in [0, 0.1) is 0 Å². The van der Waals surface area contributed by atoms with Crippen molar-refractivity contribution in [1.82, 2.24) is 0 Å². The second kappa shape index (κ2) is 4.27. The van der Waals surface area contributed by atoms with Crippen LogP contribution in [0.2, 0.25) is 0 Å². The Labute approximate surface area is 106 Å². The van der Waals surface area contributed by atoms with E-state index in [0.29, 0.717) is 0 Å². The second-order valence-electron chi connectivity index (χ2n) is 4.43. The summed E-state index contributed by atoms with van der Waals surface area (Å²) >= 11 is 0. The van der Waals surface area contributed by atoms with Crippen LogP contribution < -0.4 is 10.6 Å². The van der Waals surface area contributed by atoms with Gasteiger partial charge < -0.3 is 10.6 Å². The third-order valence-corrected chi connectivity index (χ3v) is 3.32. The van der Waals surface area contributed by atoms with Crippen molar-refractivity contribution < 1.29 is 4.79 Å². The summed E-state index contributed by atoms with van der Waals surface area (Å²) in [5.41, 5.74) is 7.91. The number of β-lactam (4-membered cyclic amide) rings is 1. The first-order chi connectivity index (χ1) is 8.79. The van der Waals surface area contributed by atoms with Crippen LogP contribution in [0.1, 0.15) is 11.6 Å². The summed E-state index contributed by atoms with van der Waals surface area (Å²) in [6, 6.07) is 19.1. The quantitative estimate of drug-likeness (QED) is 0.814. The maximum absolute atomic E-state index is 11.9. The number of para-hydroxylation sites is 1. The number of nitrogens with two attached hydrogens (primary N) is 1. The lowest BCUT2D eigenvalue weighted by molar-refractivity contribution is -0.126. The van der Waals surface area contributed by atoms with E-state index in [4.69, 9.17) is 5.73 Å². The number of carbonyl (C=O) groups excluding carboxylic acids is 1. The topological polar surface area (TPSA) is 46.3 Å². The van der Waals surface area contributed by atoms with E-state index in [2.05, 4.69) is 0 Å². The molecule has 2 aromatic rings. The number of benzene rings is 2. The number of hydrogen-bond donors (Lipinski definition) is 1. The van der Waals surface area contributed by atoms with Crippen LogP contribution >= 0.6 is 0 Å². The Morgan fingerprint density at radius 1 is 0.889 bits per heavy atom. The number of rotatable bonds is 2. The number of hydrogen-bond acceptors (Lipinski definition) is 2. The van der Waals surface area contributed by atoms with Crippen molar-refractivity contribution in [2.45, 2.75) is 12.1 Å². The Morgan fingerprint density at radius 3 is 2.06 bits per heavy atom. The Morgan fingerprint density at radius 2 is 1.44 bits per heavy atom. The summed E-state index contributed by atoms with van der Waals surface area (Å²) in [5, 5.41) is 0. The lowest BCUT2D eigenvalue weighted by Gasteiger charge is -2.45. The molecular weight excluding hydrogens is 224 g/mol. The zero-order valence-corrected chi connectivity index (χ0v) is 9.86. The Kier molecular flexibility index (Phi) is 2.61. The van der Waals surface area contributed by atoms with E-state index in [9.17, 15) is 4.79 Å². The monoisotopic (exact) mass is 238 g/mol. The van der Waals surface area contributed by atoms with Gasteiger partial charge in [-0.2, -0.15) is 0 Å². The first-order valence-corrected chi connectivity index (χ1v) is 5.97. The van der Waals surface area contributed by atoms with Gasteiger partial charge >= 0.3 is 0 Å². The molecule has 0 saturated carbocycles. The number of carbonyl (C=O) groups is 1. The summed E-state index contributed by atoms with van der Waals surface area (Å²) in [6.45, 7) is 0. The Hall–Kier alpha value is -2.13. The van der Waals surface area contributed by atoms with Gasteiger partial charge in [0, 0.05) is 5.69 Å². The fraction of sp³-hybridized carbons (Fsp3) is 0.133. The molecule has 1 heterocycles. The summed E-state index contributed by atoms with van der Waals surface area (Å²) in [5.74, 6) is -0.0185. The zero-order valence-electron chi connectivity index (χ0n) is 9.86. The highest BCUT2D eigenvalue weighted by Gasteiger charge is 2.46. The molecule has 1 aliphatic heterocycles. The highest BCUT2D eigenvalue weighted by atomic mass is 16.2. The van der Waals surface area contributed by atoms with E-state index in [1.807, 2.05) is 60.7 Å².